The average Bonchev–Trinajstić information content (AvgIpc) is 0.678. The van der Waals surface area contributed by atoms with Gasteiger partial charge in [0.2, 0.25) is 0 Å². The van der Waals surface area contributed by atoms with Gasteiger partial charge in [0.15, 0.2) is 17.5 Å². The lowest BCUT2D eigenvalue weighted by Crippen LogP contribution is -2.62. The summed E-state index contributed by atoms with van der Waals surface area (Å²) in [6.45, 7) is -0.202. The Bertz CT molecular complexity index is 5470. The van der Waals surface area contributed by atoms with Gasteiger partial charge in [0, 0.05) is 47.6 Å². The van der Waals surface area contributed by atoms with Crippen LogP contribution in [-0.2, 0) is 0 Å². The fourth-order valence-corrected chi connectivity index (χ4v) is 17.8. The van der Waals surface area contributed by atoms with Gasteiger partial charge in [-0.3, -0.25) is 0 Å². The van der Waals surface area contributed by atoms with Crippen molar-refractivity contribution in [2.24, 2.45) is 0 Å². The Hall–Kier alpha value is -12.3. The molecular weight excluding hydrogens is 1260 g/mol. The molecule has 4 aliphatic heterocycles. The summed E-state index contributed by atoms with van der Waals surface area (Å²) < 4.78 is 0. The molecule has 101 heavy (non-hydrogen) atoms. The van der Waals surface area contributed by atoms with Gasteiger partial charge in [0.1, 0.15) is 0 Å². The zero-order chi connectivity index (χ0) is 66.5. The minimum Gasteiger partial charge on any atom is -0.309 e. The van der Waals surface area contributed by atoms with Gasteiger partial charge < -0.3 is 9.80 Å². The van der Waals surface area contributed by atoms with Crippen LogP contribution in [0.5, 0.6) is 0 Å². The van der Waals surface area contributed by atoms with E-state index in [2.05, 4.69) is 362 Å². The fourth-order valence-electron chi connectivity index (χ4n) is 15.4. The van der Waals surface area contributed by atoms with Crippen LogP contribution in [0, 0.1) is 0 Å². The lowest BCUT2D eigenvalue weighted by molar-refractivity contribution is 1.07. The number of benzene rings is 15. The molecule has 1 aromatic heterocycles. The van der Waals surface area contributed by atoms with E-state index in [9.17, 15) is 0 Å². The van der Waals surface area contributed by atoms with Crippen LogP contribution >= 0.6 is 23.5 Å². The first-order chi connectivity index (χ1) is 50.0. The molecule has 0 saturated heterocycles. The minimum atomic E-state index is -0.202. The Kier molecular flexibility index (Phi) is 14.1. The third-order valence-corrected chi connectivity index (χ3v) is 22.3. The van der Waals surface area contributed by atoms with Crippen LogP contribution in [0.15, 0.2) is 371 Å². The molecule has 4 aliphatic rings. The number of aromatic nitrogens is 3. The van der Waals surface area contributed by atoms with Crippen LogP contribution in [0.2, 0.25) is 0 Å². The summed E-state index contributed by atoms with van der Waals surface area (Å²) in [5.74, 6) is 1.70. The second kappa shape index (κ2) is 24.3. The van der Waals surface area contributed by atoms with E-state index in [0.29, 0.717) is 17.5 Å². The standard InChI is InChI=1S/C93H58BN5S2/c1-9-25-59(26-10-1)67-41-43-80-84(55-67)100-86-57-73(65-37-21-7-22-38-65)51-78-89(86)98(80)82-53-77(54-83-88(82)94(78)79-52-74(66-39-23-8-24-40-66)58-87-90(79)99(83)81-44-42-68(56-85(81)101-87)60-27-11-2-12-28-60)93-96-91(75-47-69(61-29-13-3-14-30-61)45-70(48-75)62-31-15-4-16-32-62)95-92(97-93)76-49-71(63-33-17-5-18-34-63)46-72(50-76)64-35-19-6-20-36-64/h1-58H. The summed E-state index contributed by atoms with van der Waals surface area (Å²) in [4.78, 5) is 27.3. The number of nitrogens with zero attached hydrogens (tertiary/aromatic N) is 5. The normalized spacial score (nSPS) is 12.6. The maximum absolute atomic E-state index is 5.85. The van der Waals surface area contributed by atoms with Crippen molar-refractivity contribution >= 4 is 80.7 Å². The topological polar surface area (TPSA) is 45.2 Å². The molecule has 20 rings (SSSR count). The van der Waals surface area contributed by atoms with E-state index in [1.54, 1.807) is 0 Å². The Balaban J connectivity index is 0.898. The fraction of sp³-hybridized carbons (Fsp3) is 0. The van der Waals surface area contributed by atoms with E-state index >= 15 is 0 Å². The van der Waals surface area contributed by atoms with Gasteiger partial charge >= 0.3 is 0 Å². The van der Waals surface area contributed by atoms with Crippen molar-refractivity contribution in [3.05, 3.63) is 352 Å². The van der Waals surface area contributed by atoms with E-state index in [4.69, 9.17) is 15.0 Å². The highest BCUT2D eigenvalue weighted by atomic mass is 32.2. The lowest BCUT2D eigenvalue weighted by Gasteiger charge is -2.48. The maximum Gasteiger partial charge on any atom is 0.252 e. The molecule has 0 bridgehead atoms. The number of anilines is 6. The largest absolute Gasteiger partial charge is 0.309 e. The zero-order valence-corrected chi connectivity index (χ0v) is 56.2. The number of hydrogen-bond acceptors (Lipinski definition) is 7. The summed E-state index contributed by atoms with van der Waals surface area (Å²) in [7, 11) is 0. The Labute approximate surface area is 596 Å². The maximum atomic E-state index is 5.85. The van der Waals surface area contributed by atoms with Gasteiger partial charge in [-0.15, -0.1) is 0 Å². The highest BCUT2D eigenvalue weighted by Crippen LogP contribution is 2.59. The predicted molar refractivity (Wildman–Crippen MR) is 422 cm³/mol. The third-order valence-electron chi connectivity index (χ3n) is 20.2. The van der Waals surface area contributed by atoms with E-state index in [0.717, 1.165) is 83.9 Å². The average molecular weight is 1320 g/mol. The van der Waals surface area contributed by atoms with E-state index in [1.165, 1.54) is 91.9 Å². The SMILES string of the molecule is c1ccc(-c2cc(-c3ccccc3)cc(-c3nc(-c4cc(-c5ccccc5)cc(-c5ccccc5)c4)nc(-c4cc5c6c(c4)N4c7ccc(-c8ccccc8)cc7Sc7cc(-c8ccccc8)cc(c74)B6c4cc(-c6ccccc6)cc6c4N5c4ccc(-c5ccccc5)cc4S6)n3)c2)cc1. The Morgan fingerprint density at radius 1 is 0.198 bits per heavy atom. The highest BCUT2D eigenvalue weighted by molar-refractivity contribution is 8.00. The molecule has 0 spiro atoms. The number of rotatable bonds is 11. The predicted octanol–water partition coefficient (Wildman–Crippen LogP) is 23.2. The molecule has 470 valence electrons. The smallest absolute Gasteiger partial charge is 0.252 e. The van der Waals surface area contributed by atoms with Gasteiger partial charge in [-0.2, -0.15) is 0 Å². The molecule has 0 unspecified atom stereocenters. The van der Waals surface area contributed by atoms with E-state index in [1.807, 2.05) is 23.5 Å². The molecule has 0 aliphatic carbocycles. The van der Waals surface area contributed by atoms with Crippen LogP contribution in [0.4, 0.5) is 34.1 Å². The van der Waals surface area contributed by atoms with Crippen molar-refractivity contribution in [2.75, 3.05) is 9.80 Å². The molecule has 8 heteroatoms. The second-order valence-corrected chi connectivity index (χ2v) is 28.4. The molecule has 0 radical (unpaired) electrons. The molecule has 0 saturated carbocycles. The van der Waals surface area contributed by atoms with Crippen molar-refractivity contribution in [1.29, 1.82) is 0 Å². The van der Waals surface area contributed by atoms with Gasteiger partial charge in [0.05, 0.1) is 22.7 Å². The molecular formula is C93H58BN5S2. The van der Waals surface area contributed by atoms with Crippen LogP contribution < -0.4 is 26.2 Å². The van der Waals surface area contributed by atoms with Crippen molar-refractivity contribution < 1.29 is 0 Å². The number of hydrogen-bond donors (Lipinski definition) is 0. The lowest BCUT2D eigenvalue weighted by atomic mass is 9.33. The van der Waals surface area contributed by atoms with Crippen LogP contribution in [0.1, 0.15) is 0 Å². The summed E-state index contributed by atoms with van der Waals surface area (Å²) in [5.41, 5.74) is 31.2. The molecule has 0 fully saturated rings. The highest BCUT2D eigenvalue weighted by Gasteiger charge is 2.48. The molecule has 0 amide bonds. The van der Waals surface area contributed by atoms with Gasteiger partial charge in [-0.25, -0.2) is 15.0 Å². The zero-order valence-electron chi connectivity index (χ0n) is 54.6. The monoisotopic (exact) mass is 1320 g/mol. The van der Waals surface area contributed by atoms with E-state index in [-0.39, 0.29) is 6.71 Å². The van der Waals surface area contributed by atoms with Crippen molar-refractivity contribution in [2.45, 2.75) is 19.6 Å². The number of fused-ring (bicyclic) bond motifs is 8. The Morgan fingerprint density at radius 3 is 0.743 bits per heavy atom. The van der Waals surface area contributed by atoms with Gasteiger partial charge in [-0.05, 0) is 190 Å². The summed E-state index contributed by atoms with van der Waals surface area (Å²) >= 11 is 3.75. The second-order valence-electron chi connectivity index (χ2n) is 26.3. The van der Waals surface area contributed by atoms with Crippen molar-refractivity contribution in [1.82, 2.24) is 15.0 Å². The third kappa shape index (κ3) is 10.3. The van der Waals surface area contributed by atoms with Gasteiger partial charge in [0.25, 0.3) is 6.71 Å². The molecule has 5 heterocycles. The first-order valence-electron chi connectivity index (χ1n) is 34.3. The molecule has 5 nitrogen and oxygen atoms in total. The molecule has 0 atom stereocenters. The summed E-state index contributed by atoms with van der Waals surface area (Å²) in [6.07, 6.45) is 0. The molecule has 0 N–H and O–H groups in total. The molecule has 16 aromatic rings. The van der Waals surface area contributed by atoms with Crippen LogP contribution in [0.3, 0.4) is 0 Å². The van der Waals surface area contributed by atoms with Crippen LogP contribution in [0.25, 0.3) is 123 Å². The van der Waals surface area contributed by atoms with Crippen molar-refractivity contribution in [3.63, 3.8) is 0 Å². The van der Waals surface area contributed by atoms with Crippen molar-refractivity contribution in [3.8, 4) is 123 Å². The quantitative estimate of drug-likeness (QED) is 0.120. The summed E-state index contributed by atoms with van der Waals surface area (Å²) in [5, 5.41) is 0. The van der Waals surface area contributed by atoms with Crippen LogP contribution in [-0.4, -0.2) is 21.7 Å². The first-order valence-corrected chi connectivity index (χ1v) is 35.9. The first kappa shape index (κ1) is 58.8. The molecule has 15 aromatic carbocycles. The summed E-state index contributed by atoms with van der Waals surface area (Å²) in [6, 6.07) is 129. The Morgan fingerprint density at radius 2 is 0.446 bits per heavy atom. The van der Waals surface area contributed by atoms with E-state index < -0.39 is 0 Å². The minimum absolute atomic E-state index is 0.202. The van der Waals surface area contributed by atoms with Gasteiger partial charge in [-0.1, -0.05) is 290 Å².